The number of benzene rings is 2. The van der Waals surface area contributed by atoms with E-state index >= 15 is 0 Å². The maximum Gasteiger partial charge on any atom is 0.327 e. The molecule has 2 aromatic rings. The summed E-state index contributed by atoms with van der Waals surface area (Å²) in [5.74, 6) is -1.64. The summed E-state index contributed by atoms with van der Waals surface area (Å²) in [6, 6.07) is 10.1. The lowest BCUT2D eigenvalue weighted by atomic mass is 9.84. The topological polar surface area (TPSA) is 157 Å². The molecule has 14 heteroatoms. The molecule has 2 aromatic carbocycles. The van der Waals surface area contributed by atoms with Crippen LogP contribution < -0.4 is 20.8 Å². The second-order valence-corrected chi connectivity index (χ2v) is 13.4. The summed E-state index contributed by atoms with van der Waals surface area (Å²) in [6.07, 6.45) is 7.65. The van der Waals surface area contributed by atoms with E-state index in [4.69, 9.17) is 0 Å². The molecule has 1 atom stereocenters. The highest BCUT2D eigenvalue weighted by Crippen LogP contribution is 2.27. The van der Waals surface area contributed by atoms with Crippen molar-refractivity contribution in [3.05, 3.63) is 42.5 Å². The fraction of sp³-hybridized carbons (Fsp3) is 0.581. The molecule has 4 rings (SSSR count). The van der Waals surface area contributed by atoms with Crippen LogP contribution in [0.4, 0.5) is 0 Å². The Kier molecular flexibility index (Phi) is 16.0. The minimum atomic E-state index is -4.34. The Hall–Kier alpha value is -2.48. The van der Waals surface area contributed by atoms with Crippen molar-refractivity contribution in [3.63, 3.8) is 0 Å². The number of carbonyl (C=O) groups excluding carboxylic acids is 2. The number of aliphatic carboxylic acids is 1. The monoisotopic (exact) mass is 687 g/mol. The van der Waals surface area contributed by atoms with E-state index in [1.807, 2.05) is 0 Å². The molecule has 0 aliphatic carbocycles. The number of halogens is 2. The van der Waals surface area contributed by atoms with Gasteiger partial charge in [0, 0.05) is 11.3 Å². The van der Waals surface area contributed by atoms with Gasteiger partial charge in [-0.25, -0.2) is 18.2 Å². The van der Waals surface area contributed by atoms with Crippen molar-refractivity contribution in [1.29, 1.82) is 0 Å². The van der Waals surface area contributed by atoms with Crippen LogP contribution in [0, 0.1) is 17.8 Å². The zero-order valence-electron chi connectivity index (χ0n) is 25.7. The molecule has 0 radical (unpaired) electrons. The first-order valence-electron chi connectivity index (χ1n) is 15.4. The van der Waals surface area contributed by atoms with E-state index in [9.17, 15) is 27.9 Å². The molecule has 0 bridgehead atoms. The number of amides is 2. The average molecular weight is 689 g/mol. The van der Waals surface area contributed by atoms with E-state index in [1.165, 1.54) is 13.0 Å². The summed E-state index contributed by atoms with van der Waals surface area (Å²) in [6.45, 7) is 4.63. The van der Waals surface area contributed by atoms with E-state index in [0.29, 0.717) is 27.6 Å². The van der Waals surface area contributed by atoms with Gasteiger partial charge in [0.15, 0.2) is 0 Å². The smallest absolute Gasteiger partial charge is 0.327 e. The fourth-order valence-corrected chi connectivity index (χ4v) is 7.43. The molecule has 0 unspecified atom stereocenters. The lowest BCUT2D eigenvalue weighted by Gasteiger charge is -2.28. The maximum absolute atomic E-state index is 13.4. The molecule has 0 saturated carbocycles. The van der Waals surface area contributed by atoms with Crippen LogP contribution in [-0.4, -0.2) is 75.1 Å². The minimum Gasteiger partial charge on any atom is -0.480 e. The fourth-order valence-electron chi connectivity index (χ4n) is 6.08. The Morgan fingerprint density at radius 2 is 1.42 bits per heavy atom. The SMILES string of the molecule is C[C@@H](C(=O)O)N(NS(=O)(=O)c1cccc2ccccc12)C(=O)CNC(=O)C(CCC1CCNCC1)CCC1CCNCC1.Cl.Cl. The molecule has 0 aromatic heterocycles. The molecule has 2 saturated heterocycles. The summed E-state index contributed by atoms with van der Waals surface area (Å²) < 4.78 is 26.8. The Balaban J connectivity index is 0.00000353. The van der Waals surface area contributed by atoms with Gasteiger partial charge in [0.1, 0.15) is 6.04 Å². The molecule has 2 heterocycles. The normalized spacial score (nSPS) is 16.8. The molecule has 45 heavy (non-hydrogen) atoms. The van der Waals surface area contributed by atoms with Gasteiger partial charge in [0.05, 0.1) is 11.4 Å². The molecule has 2 aliphatic rings. The highest BCUT2D eigenvalue weighted by atomic mass is 35.5. The van der Waals surface area contributed by atoms with Gasteiger partial charge in [0.25, 0.3) is 15.9 Å². The van der Waals surface area contributed by atoms with Crippen LogP contribution >= 0.6 is 24.8 Å². The Bertz CT molecular complexity index is 1340. The molecule has 2 fully saturated rings. The minimum absolute atomic E-state index is 0. The quantitative estimate of drug-likeness (QED) is 0.189. The first-order valence-corrected chi connectivity index (χ1v) is 16.9. The number of fused-ring (bicyclic) bond motifs is 1. The number of carbonyl (C=O) groups is 3. The number of carboxylic acids is 1. The van der Waals surface area contributed by atoms with Gasteiger partial charge in [0.2, 0.25) is 5.91 Å². The summed E-state index contributed by atoms with van der Waals surface area (Å²) in [4.78, 5) is 40.7. The lowest BCUT2D eigenvalue weighted by molar-refractivity contribution is -0.150. The Morgan fingerprint density at radius 1 is 0.889 bits per heavy atom. The molecule has 11 nitrogen and oxygen atoms in total. The van der Waals surface area contributed by atoms with Gasteiger partial charge in [-0.05, 0) is 108 Å². The zero-order valence-corrected chi connectivity index (χ0v) is 28.2. The average Bonchev–Trinajstić information content (AvgIpc) is 3.02. The van der Waals surface area contributed by atoms with Crippen LogP contribution in [0.3, 0.4) is 0 Å². The Morgan fingerprint density at radius 3 is 1.98 bits per heavy atom. The number of sulfonamides is 1. The largest absolute Gasteiger partial charge is 0.480 e. The molecule has 0 spiro atoms. The van der Waals surface area contributed by atoms with Crippen molar-refractivity contribution in [3.8, 4) is 0 Å². The van der Waals surface area contributed by atoms with Gasteiger partial charge in [-0.15, -0.1) is 29.6 Å². The third-order valence-electron chi connectivity index (χ3n) is 8.82. The van der Waals surface area contributed by atoms with Crippen molar-refractivity contribution in [2.75, 3.05) is 32.7 Å². The third-order valence-corrected chi connectivity index (χ3v) is 10.2. The van der Waals surface area contributed by atoms with Gasteiger partial charge in [-0.1, -0.05) is 36.4 Å². The van der Waals surface area contributed by atoms with Crippen LogP contribution in [0.5, 0.6) is 0 Å². The number of nitrogens with zero attached hydrogens (tertiary/aromatic N) is 1. The number of hydrogen-bond acceptors (Lipinski definition) is 7. The maximum atomic E-state index is 13.4. The first kappa shape index (κ1) is 38.7. The predicted molar refractivity (Wildman–Crippen MR) is 179 cm³/mol. The third kappa shape index (κ3) is 11.1. The van der Waals surface area contributed by atoms with Crippen LogP contribution in [0.2, 0.25) is 0 Å². The number of hydrogen-bond donors (Lipinski definition) is 5. The Labute approximate surface area is 278 Å². The van der Waals surface area contributed by atoms with Crippen molar-refractivity contribution in [2.24, 2.45) is 17.8 Å². The molecule has 2 amide bonds. The number of rotatable bonds is 14. The number of nitrogens with one attached hydrogen (secondary N) is 4. The first-order chi connectivity index (χ1) is 20.7. The molecule has 252 valence electrons. The second-order valence-electron chi connectivity index (χ2n) is 11.8. The highest BCUT2D eigenvalue weighted by molar-refractivity contribution is 7.89. The van der Waals surface area contributed by atoms with Gasteiger partial charge in [-0.2, -0.15) is 0 Å². The standard InChI is InChI=1S/C31H45N5O6S.2ClH/c1-22(31(39)40)36(35-43(41,42)28-8-4-6-25-5-2-3-7-27(25)28)29(37)21-34-30(38)26(11-9-23-13-17-32-18-14-23)12-10-24-15-19-33-20-16-24;;/h2-8,22-24,26,32-33,35H,9-21H2,1H3,(H,34,38)(H,39,40);2*1H/t22-;;/m0../s1. The zero-order chi connectivity index (χ0) is 30.8. The van der Waals surface area contributed by atoms with Crippen molar-refractivity contribution in [1.82, 2.24) is 25.8 Å². The van der Waals surface area contributed by atoms with E-state index in [2.05, 4.69) is 20.8 Å². The van der Waals surface area contributed by atoms with Crippen LogP contribution in [0.15, 0.2) is 47.4 Å². The highest BCUT2D eigenvalue weighted by Gasteiger charge is 2.32. The van der Waals surface area contributed by atoms with Crippen LogP contribution in [0.25, 0.3) is 10.8 Å². The van der Waals surface area contributed by atoms with Crippen molar-refractivity contribution < 1.29 is 27.9 Å². The van der Waals surface area contributed by atoms with E-state index in [0.717, 1.165) is 77.5 Å². The molecule has 5 N–H and O–H groups in total. The molecular weight excluding hydrogens is 641 g/mol. The van der Waals surface area contributed by atoms with Crippen LogP contribution in [-0.2, 0) is 24.4 Å². The molecule has 2 aliphatic heterocycles. The number of hydrazine groups is 1. The van der Waals surface area contributed by atoms with Gasteiger partial charge >= 0.3 is 5.97 Å². The lowest BCUT2D eigenvalue weighted by Crippen LogP contribution is -2.56. The summed E-state index contributed by atoms with van der Waals surface area (Å²) in [7, 11) is -4.34. The summed E-state index contributed by atoms with van der Waals surface area (Å²) >= 11 is 0. The van der Waals surface area contributed by atoms with Crippen molar-refractivity contribution >= 4 is 63.4 Å². The summed E-state index contributed by atoms with van der Waals surface area (Å²) in [5.41, 5.74) is 0. The number of piperidine rings is 2. The van der Waals surface area contributed by atoms with E-state index in [1.54, 1.807) is 36.4 Å². The van der Waals surface area contributed by atoms with Gasteiger partial charge in [-0.3, -0.25) is 9.59 Å². The van der Waals surface area contributed by atoms with Gasteiger partial charge < -0.3 is 21.1 Å². The van der Waals surface area contributed by atoms with Crippen LogP contribution in [0.1, 0.15) is 58.3 Å². The summed E-state index contributed by atoms with van der Waals surface area (Å²) in [5, 5.41) is 20.8. The number of carboxylic acid groups (broad SMARTS) is 1. The van der Waals surface area contributed by atoms with E-state index in [-0.39, 0.29) is 41.5 Å². The second kappa shape index (κ2) is 18.6. The predicted octanol–water partition coefficient (Wildman–Crippen LogP) is 3.47. The van der Waals surface area contributed by atoms with Crippen molar-refractivity contribution in [2.45, 2.75) is 69.2 Å². The van der Waals surface area contributed by atoms with E-state index < -0.39 is 34.5 Å². The molecular formula is C31H47Cl2N5O6S.